The van der Waals surface area contributed by atoms with Crippen LogP contribution in [0.3, 0.4) is 0 Å². The van der Waals surface area contributed by atoms with Crippen molar-refractivity contribution in [3.8, 4) is 11.3 Å². The Kier molecular flexibility index (Phi) is 4.52. The van der Waals surface area contributed by atoms with E-state index in [4.69, 9.17) is 4.52 Å². The lowest BCUT2D eigenvalue weighted by atomic mass is 10.1. The molecule has 0 aliphatic rings. The first-order valence-electron chi connectivity index (χ1n) is 7.96. The number of pyridine rings is 1. The minimum Gasteiger partial charge on any atom is -0.361 e. The van der Waals surface area contributed by atoms with Crippen LogP contribution in [-0.4, -0.2) is 16.0 Å². The molecule has 3 rings (SSSR count). The van der Waals surface area contributed by atoms with E-state index in [9.17, 15) is 9.59 Å². The highest BCUT2D eigenvalue weighted by Crippen LogP contribution is 2.17. The van der Waals surface area contributed by atoms with E-state index in [1.54, 1.807) is 26.0 Å². The second-order valence-corrected chi connectivity index (χ2v) is 5.97. The van der Waals surface area contributed by atoms with Crippen LogP contribution in [0.25, 0.3) is 11.3 Å². The van der Waals surface area contributed by atoms with E-state index in [0.717, 1.165) is 22.4 Å². The normalized spacial score (nSPS) is 10.7. The van der Waals surface area contributed by atoms with Crippen LogP contribution >= 0.6 is 0 Å². The molecule has 2 heterocycles. The van der Waals surface area contributed by atoms with Crippen molar-refractivity contribution in [2.45, 2.75) is 27.3 Å². The molecule has 0 aliphatic heterocycles. The number of aryl methyl sites for hydroxylation is 3. The minimum atomic E-state index is -0.433. The molecule has 6 heteroatoms. The van der Waals surface area contributed by atoms with Crippen LogP contribution in [0.2, 0.25) is 0 Å². The molecule has 1 amide bonds. The van der Waals surface area contributed by atoms with Crippen molar-refractivity contribution < 1.29 is 9.32 Å². The molecule has 0 saturated heterocycles. The first kappa shape index (κ1) is 16.7. The van der Waals surface area contributed by atoms with E-state index >= 15 is 0 Å². The topological polar surface area (TPSA) is 88.0 Å². The van der Waals surface area contributed by atoms with Crippen LogP contribution in [0.1, 0.15) is 32.9 Å². The molecule has 0 saturated carbocycles. The molecule has 0 spiro atoms. The molecular formula is C19H19N3O3. The summed E-state index contributed by atoms with van der Waals surface area (Å²) in [5.74, 6) is 0.221. The molecule has 6 nitrogen and oxygen atoms in total. The Morgan fingerprint density at radius 3 is 2.64 bits per heavy atom. The van der Waals surface area contributed by atoms with Crippen LogP contribution < -0.4 is 10.9 Å². The quantitative estimate of drug-likeness (QED) is 0.766. The molecule has 2 N–H and O–H groups in total. The monoisotopic (exact) mass is 337 g/mol. The number of hydrogen-bond donors (Lipinski definition) is 2. The first-order chi connectivity index (χ1) is 12.0. The fourth-order valence-corrected chi connectivity index (χ4v) is 2.65. The van der Waals surface area contributed by atoms with E-state index in [0.29, 0.717) is 11.5 Å². The summed E-state index contributed by atoms with van der Waals surface area (Å²) in [5, 5.41) is 6.58. The second-order valence-electron chi connectivity index (χ2n) is 5.97. The smallest absolute Gasteiger partial charge is 0.261 e. The van der Waals surface area contributed by atoms with Gasteiger partial charge < -0.3 is 14.8 Å². The van der Waals surface area contributed by atoms with Crippen molar-refractivity contribution >= 4 is 5.91 Å². The molecule has 0 fully saturated rings. The van der Waals surface area contributed by atoms with Crippen molar-refractivity contribution in [2.24, 2.45) is 0 Å². The first-order valence-corrected chi connectivity index (χ1v) is 7.96. The molecule has 3 aromatic rings. The number of nitrogens with one attached hydrogen (secondary N) is 2. The van der Waals surface area contributed by atoms with Crippen LogP contribution in [0.4, 0.5) is 0 Å². The highest BCUT2D eigenvalue weighted by molar-refractivity contribution is 5.94. The summed E-state index contributed by atoms with van der Waals surface area (Å²) in [6.45, 7) is 5.84. The van der Waals surface area contributed by atoms with Gasteiger partial charge in [0, 0.05) is 17.8 Å². The maximum atomic E-state index is 12.3. The number of hydrogen-bond acceptors (Lipinski definition) is 4. The van der Waals surface area contributed by atoms with E-state index in [1.165, 1.54) is 0 Å². The highest BCUT2D eigenvalue weighted by atomic mass is 16.5. The second kappa shape index (κ2) is 6.76. The summed E-state index contributed by atoms with van der Waals surface area (Å²) < 4.78 is 5.06. The van der Waals surface area contributed by atoms with Gasteiger partial charge in [0.05, 0.1) is 5.69 Å². The predicted molar refractivity (Wildman–Crippen MR) is 94.4 cm³/mol. The van der Waals surface area contributed by atoms with Gasteiger partial charge in [-0.05, 0) is 44.5 Å². The van der Waals surface area contributed by atoms with Crippen LogP contribution in [-0.2, 0) is 6.54 Å². The highest BCUT2D eigenvalue weighted by Gasteiger charge is 2.14. The molecule has 2 aromatic heterocycles. The van der Waals surface area contributed by atoms with Gasteiger partial charge in [0.2, 0.25) is 0 Å². The van der Waals surface area contributed by atoms with Crippen LogP contribution in [0.5, 0.6) is 0 Å². The van der Waals surface area contributed by atoms with Crippen molar-refractivity contribution in [1.29, 1.82) is 0 Å². The van der Waals surface area contributed by atoms with Crippen molar-refractivity contribution in [1.82, 2.24) is 15.5 Å². The van der Waals surface area contributed by atoms with Gasteiger partial charge in [-0.15, -0.1) is 0 Å². The van der Waals surface area contributed by atoms with Gasteiger partial charge in [0.1, 0.15) is 11.3 Å². The number of amides is 1. The molecule has 0 unspecified atom stereocenters. The molecule has 0 atom stereocenters. The van der Waals surface area contributed by atoms with Crippen molar-refractivity contribution in [3.05, 3.63) is 74.9 Å². The van der Waals surface area contributed by atoms with E-state index < -0.39 is 11.5 Å². The third-order valence-electron chi connectivity index (χ3n) is 4.09. The van der Waals surface area contributed by atoms with Crippen LogP contribution in [0, 0.1) is 20.8 Å². The number of nitrogens with zero attached hydrogens (tertiary/aromatic N) is 1. The molecule has 0 bridgehead atoms. The van der Waals surface area contributed by atoms with E-state index in [2.05, 4.69) is 15.5 Å². The average molecular weight is 337 g/mol. The Morgan fingerprint density at radius 1 is 1.20 bits per heavy atom. The number of benzene rings is 1. The molecule has 0 aliphatic carbocycles. The number of carbonyl (C=O) groups excluding carboxylic acids is 1. The standard InChI is InChI=1S/C19H19N3O3/c1-11-5-4-6-14(9-11)17-8-7-15(19(24)21-17)18(23)20-10-16-12(2)22-25-13(16)3/h4-9H,10H2,1-3H3,(H,20,23)(H,21,24). The Balaban J connectivity index is 1.79. The molecule has 25 heavy (non-hydrogen) atoms. The largest absolute Gasteiger partial charge is 0.361 e. The van der Waals surface area contributed by atoms with Gasteiger partial charge in [0.15, 0.2) is 0 Å². The molecule has 0 radical (unpaired) electrons. The van der Waals surface area contributed by atoms with E-state index in [-0.39, 0.29) is 12.1 Å². The van der Waals surface area contributed by atoms with Crippen molar-refractivity contribution in [2.75, 3.05) is 0 Å². The zero-order valence-electron chi connectivity index (χ0n) is 14.3. The molecule has 1 aromatic carbocycles. The Bertz CT molecular complexity index is 966. The predicted octanol–water partition coefficient (Wildman–Crippen LogP) is 2.89. The number of H-pyrrole nitrogens is 1. The SMILES string of the molecule is Cc1cccc(-c2ccc(C(=O)NCc3c(C)noc3C)c(=O)[nH]2)c1. The summed E-state index contributed by atoms with van der Waals surface area (Å²) in [5.41, 5.74) is 3.87. The van der Waals surface area contributed by atoms with Gasteiger partial charge in [0.25, 0.3) is 11.5 Å². The number of carbonyl (C=O) groups is 1. The third kappa shape index (κ3) is 3.52. The van der Waals surface area contributed by atoms with Gasteiger partial charge >= 0.3 is 0 Å². The van der Waals surface area contributed by atoms with Gasteiger partial charge in [-0.2, -0.15) is 0 Å². The van der Waals surface area contributed by atoms with Crippen LogP contribution in [0.15, 0.2) is 45.7 Å². The maximum Gasteiger partial charge on any atom is 0.261 e. The van der Waals surface area contributed by atoms with Gasteiger partial charge in [-0.3, -0.25) is 9.59 Å². The zero-order valence-corrected chi connectivity index (χ0v) is 14.3. The zero-order chi connectivity index (χ0) is 18.0. The summed E-state index contributed by atoms with van der Waals surface area (Å²) in [7, 11) is 0. The fraction of sp³-hybridized carbons (Fsp3) is 0.211. The summed E-state index contributed by atoms with van der Waals surface area (Å²) in [6, 6.07) is 11.1. The Morgan fingerprint density at radius 2 is 2.00 bits per heavy atom. The number of aromatic nitrogens is 2. The van der Waals surface area contributed by atoms with E-state index in [1.807, 2.05) is 31.2 Å². The van der Waals surface area contributed by atoms with Gasteiger partial charge in [-0.1, -0.05) is 28.9 Å². The lowest BCUT2D eigenvalue weighted by Crippen LogP contribution is -2.29. The third-order valence-corrected chi connectivity index (χ3v) is 4.09. The molecular weight excluding hydrogens is 318 g/mol. The number of rotatable bonds is 4. The lowest BCUT2D eigenvalue weighted by Gasteiger charge is -2.07. The van der Waals surface area contributed by atoms with Crippen molar-refractivity contribution in [3.63, 3.8) is 0 Å². The average Bonchev–Trinajstić information content (AvgIpc) is 2.91. The Labute approximate surface area is 144 Å². The summed E-state index contributed by atoms with van der Waals surface area (Å²) >= 11 is 0. The summed E-state index contributed by atoms with van der Waals surface area (Å²) in [6.07, 6.45) is 0. The number of aromatic amines is 1. The minimum absolute atomic E-state index is 0.0724. The maximum absolute atomic E-state index is 12.3. The lowest BCUT2D eigenvalue weighted by molar-refractivity contribution is 0.0949. The molecule has 128 valence electrons. The van der Waals surface area contributed by atoms with Gasteiger partial charge in [-0.25, -0.2) is 0 Å². The fourth-order valence-electron chi connectivity index (χ4n) is 2.65. The Hall–Kier alpha value is -3.15. The summed E-state index contributed by atoms with van der Waals surface area (Å²) in [4.78, 5) is 27.4.